The molecular weight excluding hydrogens is 444 g/mol. The van der Waals surface area contributed by atoms with Gasteiger partial charge in [0.15, 0.2) is 0 Å². The number of carbonyl (C=O) groups excluding carboxylic acids is 1. The maximum Gasteiger partial charge on any atom is 0.257 e. The standard InChI is InChI=1S/C28H31ClN4O/c1-19-7-8-23(32-28(34)22-4-3-12-30-17-22)16-21(19)11-15-33-13-9-20(10-14-33)25-18-31-27-24(25)5-2-6-26(27)29/h3-4,6-8,12,16-18,20,31H,2,5,9-11,13-15H2,1H3,(H,32,34). The largest absolute Gasteiger partial charge is 0.360 e. The number of pyridine rings is 1. The van der Waals surface area contributed by atoms with Crippen LogP contribution in [0.2, 0.25) is 0 Å². The quantitative estimate of drug-likeness (QED) is 0.466. The highest BCUT2D eigenvalue weighted by atomic mass is 35.5. The molecule has 0 radical (unpaired) electrons. The van der Waals surface area contributed by atoms with Gasteiger partial charge in [-0.25, -0.2) is 0 Å². The van der Waals surface area contributed by atoms with Gasteiger partial charge in [0.2, 0.25) is 0 Å². The summed E-state index contributed by atoms with van der Waals surface area (Å²) in [5, 5.41) is 3.88. The van der Waals surface area contributed by atoms with Gasteiger partial charge in [-0.15, -0.1) is 0 Å². The Morgan fingerprint density at radius 2 is 2.12 bits per heavy atom. The predicted octanol–water partition coefficient (Wildman–Crippen LogP) is 5.92. The molecule has 34 heavy (non-hydrogen) atoms. The monoisotopic (exact) mass is 474 g/mol. The molecule has 5 nitrogen and oxygen atoms in total. The Hall–Kier alpha value is -2.89. The number of H-pyrrole nitrogens is 1. The number of nitrogens with zero attached hydrogens (tertiary/aromatic N) is 2. The molecule has 0 bridgehead atoms. The molecule has 3 heterocycles. The van der Waals surface area contributed by atoms with E-state index in [-0.39, 0.29) is 5.91 Å². The molecule has 1 fully saturated rings. The lowest BCUT2D eigenvalue weighted by Gasteiger charge is -2.32. The smallest absolute Gasteiger partial charge is 0.257 e. The average molecular weight is 475 g/mol. The van der Waals surface area contributed by atoms with Crippen LogP contribution < -0.4 is 5.32 Å². The van der Waals surface area contributed by atoms with Crippen LogP contribution in [0.1, 0.15) is 63.5 Å². The van der Waals surface area contributed by atoms with Crippen LogP contribution in [0.25, 0.3) is 5.03 Å². The summed E-state index contributed by atoms with van der Waals surface area (Å²) >= 11 is 6.40. The van der Waals surface area contributed by atoms with Crippen LogP contribution in [0.5, 0.6) is 0 Å². The molecular formula is C28H31ClN4O. The molecule has 0 unspecified atom stereocenters. The Morgan fingerprint density at radius 3 is 2.91 bits per heavy atom. The van der Waals surface area contributed by atoms with Crippen molar-refractivity contribution in [1.29, 1.82) is 0 Å². The molecule has 1 aliphatic heterocycles. The SMILES string of the molecule is Cc1ccc(NC(=O)c2cccnc2)cc1CCN1CCC(c2c[nH]c3c2CCC=C3Cl)CC1. The molecule has 6 heteroatoms. The Balaban J connectivity index is 1.16. The average Bonchev–Trinajstić information content (AvgIpc) is 3.31. The molecule has 176 valence electrons. The van der Waals surface area contributed by atoms with E-state index in [4.69, 9.17) is 11.6 Å². The number of aromatic nitrogens is 2. The number of piperidine rings is 1. The number of rotatable bonds is 6. The van der Waals surface area contributed by atoms with Gasteiger partial charge in [-0.3, -0.25) is 9.78 Å². The molecule has 2 aliphatic rings. The first-order valence-electron chi connectivity index (χ1n) is 12.2. The van der Waals surface area contributed by atoms with E-state index in [0.717, 1.165) is 55.3 Å². The van der Waals surface area contributed by atoms with E-state index >= 15 is 0 Å². The fraction of sp³-hybridized carbons (Fsp3) is 0.357. The highest BCUT2D eigenvalue weighted by Gasteiger charge is 2.26. The number of aromatic amines is 1. The molecule has 0 saturated carbocycles. The number of amides is 1. The van der Waals surface area contributed by atoms with Gasteiger partial charge in [0.25, 0.3) is 5.91 Å². The number of benzene rings is 1. The second kappa shape index (κ2) is 10.2. The van der Waals surface area contributed by atoms with E-state index in [1.165, 1.54) is 35.1 Å². The van der Waals surface area contributed by atoms with Crippen LogP contribution in [-0.2, 0) is 12.8 Å². The summed E-state index contributed by atoms with van der Waals surface area (Å²) in [6.45, 7) is 5.41. The molecule has 1 aromatic carbocycles. The van der Waals surface area contributed by atoms with Crippen molar-refractivity contribution in [3.63, 3.8) is 0 Å². The van der Waals surface area contributed by atoms with Crippen molar-refractivity contribution >= 4 is 28.2 Å². The molecule has 0 spiro atoms. The maximum atomic E-state index is 12.5. The van der Waals surface area contributed by atoms with Gasteiger partial charge in [-0.05, 0) is 105 Å². The number of allylic oxidation sites excluding steroid dienone is 1. The molecule has 1 amide bonds. The molecule has 0 atom stereocenters. The van der Waals surface area contributed by atoms with Crippen LogP contribution in [0.3, 0.4) is 0 Å². The van der Waals surface area contributed by atoms with Crippen molar-refractivity contribution in [2.45, 2.75) is 44.9 Å². The van der Waals surface area contributed by atoms with Crippen molar-refractivity contribution < 1.29 is 4.79 Å². The Labute approximate surface area is 206 Å². The van der Waals surface area contributed by atoms with Gasteiger partial charge in [-0.2, -0.15) is 0 Å². The molecule has 2 N–H and O–H groups in total. The predicted molar refractivity (Wildman–Crippen MR) is 138 cm³/mol. The Morgan fingerprint density at radius 1 is 1.26 bits per heavy atom. The highest BCUT2D eigenvalue weighted by Crippen LogP contribution is 2.37. The summed E-state index contributed by atoms with van der Waals surface area (Å²) in [5.41, 5.74) is 8.00. The first kappa shape index (κ1) is 22.9. The second-order valence-electron chi connectivity index (χ2n) is 9.39. The number of nitrogens with one attached hydrogen (secondary N) is 2. The van der Waals surface area contributed by atoms with E-state index in [0.29, 0.717) is 11.5 Å². The summed E-state index contributed by atoms with van der Waals surface area (Å²) in [6, 6.07) is 9.72. The van der Waals surface area contributed by atoms with E-state index < -0.39 is 0 Å². The summed E-state index contributed by atoms with van der Waals surface area (Å²) in [7, 11) is 0. The number of carbonyl (C=O) groups is 1. The van der Waals surface area contributed by atoms with E-state index in [9.17, 15) is 4.79 Å². The molecule has 1 aliphatic carbocycles. The number of hydrogen-bond donors (Lipinski definition) is 2. The fourth-order valence-electron chi connectivity index (χ4n) is 5.23. The van der Waals surface area contributed by atoms with Crippen LogP contribution in [0.15, 0.2) is 55.0 Å². The third-order valence-electron chi connectivity index (χ3n) is 7.23. The second-order valence-corrected chi connectivity index (χ2v) is 9.80. The van der Waals surface area contributed by atoms with E-state index in [1.54, 1.807) is 24.5 Å². The number of fused-ring (bicyclic) bond motifs is 1. The van der Waals surface area contributed by atoms with Crippen molar-refractivity contribution in [3.8, 4) is 0 Å². The van der Waals surface area contributed by atoms with Gasteiger partial charge >= 0.3 is 0 Å². The third kappa shape index (κ3) is 4.96. The number of anilines is 1. The molecule has 2 aromatic heterocycles. The zero-order chi connectivity index (χ0) is 23.5. The van der Waals surface area contributed by atoms with Gasteiger partial charge in [0.1, 0.15) is 0 Å². The lowest BCUT2D eigenvalue weighted by atomic mass is 9.86. The van der Waals surface area contributed by atoms with Gasteiger partial charge in [-0.1, -0.05) is 23.7 Å². The number of hydrogen-bond acceptors (Lipinski definition) is 3. The normalized spacial score (nSPS) is 16.7. The third-order valence-corrected chi connectivity index (χ3v) is 7.58. The topological polar surface area (TPSA) is 61.0 Å². The van der Waals surface area contributed by atoms with Crippen molar-refractivity contribution in [3.05, 3.63) is 88.5 Å². The minimum atomic E-state index is -0.131. The minimum Gasteiger partial charge on any atom is -0.360 e. The Kier molecular flexibility index (Phi) is 6.84. The summed E-state index contributed by atoms with van der Waals surface area (Å²) < 4.78 is 0. The number of halogens is 1. The van der Waals surface area contributed by atoms with Crippen molar-refractivity contribution in [1.82, 2.24) is 14.9 Å². The van der Waals surface area contributed by atoms with E-state index in [2.05, 4.69) is 51.5 Å². The minimum absolute atomic E-state index is 0.131. The zero-order valence-corrected chi connectivity index (χ0v) is 20.4. The van der Waals surface area contributed by atoms with Gasteiger partial charge in [0.05, 0.1) is 16.3 Å². The molecule has 5 rings (SSSR count). The van der Waals surface area contributed by atoms with Crippen LogP contribution in [-0.4, -0.2) is 40.4 Å². The van der Waals surface area contributed by atoms with Crippen molar-refractivity contribution in [2.24, 2.45) is 0 Å². The fourth-order valence-corrected chi connectivity index (χ4v) is 5.50. The van der Waals surface area contributed by atoms with Crippen LogP contribution >= 0.6 is 11.6 Å². The zero-order valence-electron chi connectivity index (χ0n) is 19.6. The first-order valence-corrected chi connectivity index (χ1v) is 12.6. The summed E-state index contributed by atoms with van der Waals surface area (Å²) in [5.74, 6) is 0.486. The number of aryl methyl sites for hydroxylation is 1. The van der Waals surface area contributed by atoms with Gasteiger partial charge in [0, 0.05) is 30.8 Å². The highest BCUT2D eigenvalue weighted by molar-refractivity contribution is 6.48. The van der Waals surface area contributed by atoms with Crippen LogP contribution in [0, 0.1) is 6.92 Å². The Bertz CT molecular complexity index is 1190. The van der Waals surface area contributed by atoms with Crippen LogP contribution in [0.4, 0.5) is 5.69 Å². The maximum absolute atomic E-state index is 12.5. The first-order chi connectivity index (χ1) is 16.6. The van der Waals surface area contributed by atoms with Crippen molar-refractivity contribution in [2.75, 3.05) is 25.0 Å². The van der Waals surface area contributed by atoms with E-state index in [1.807, 2.05) is 6.07 Å². The number of likely N-dealkylation sites (tertiary alicyclic amines) is 1. The molecule has 1 saturated heterocycles. The lowest BCUT2D eigenvalue weighted by Crippen LogP contribution is -2.34. The molecule has 3 aromatic rings. The van der Waals surface area contributed by atoms with Gasteiger partial charge < -0.3 is 15.2 Å². The summed E-state index contributed by atoms with van der Waals surface area (Å²) in [6.07, 6.45) is 13.1. The lowest BCUT2D eigenvalue weighted by molar-refractivity contribution is 0.102. The summed E-state index contributed by atoms with van der Waals surface area (Å²) in [4.78, 5) is 22.5.